The van der Waals surface area contributed by atoms with Gasteiger partial charge in [0, 0.05) is 26.1 Å². The van der Waals surface area contributed by atoms with Crippen LogP contribution in [-0.2, 0) is 14.3 Å². The van der Waals surface area contributed by atoms with Gasteiger partial charge in [-0.3, -0.25) is 14.5 Å². The summed E-state index contributed by atoms with van der Waals surface area (Å²) < 4.78 is 5.75. The van der Waals surface area contributed by atoms with Gasteiger partial charge in [-0.1, -0.05) is 12.1 Å². The quantitative estimate of drug-likeness (QED) is 0.909. The third kappa shape index (κ3) is 4.02. The predicted octanol–water partition coefficient (Wildman–Crippen LogP) is 2.25. The zero-order valence-corrected chi connectivity index (χ0v) is 15.2. The third-order valence-electron chi connectivity index (χ3n) is 4.90. The van der Waals surface area contributed by atoms with E-state index in [9.17, 15) is 9.59 Å². The SMILES string of the molecule is C[C@@H]1CN([C@H](C)C(=O)Nc2ccccc2N2CCCC2=O)C[C@H](C)O1. The molecule has 2 aliphatic heterocycles. The highest BCUT2D eigenvalue weighted by molar-refractivity contribution is 6.03. The number of benzene rings is 1. The fraction of sp³-hybridized carbons (Fsp3) is 0.579. The van der Waals surface area contributed by atoms with Gasteiger partial charge in [-0.15, -0.1) is 0 Å². The number of para-hydroxylation sites is 2. The Labute approximate surface area is 149 Å². The van der Waals surface area contributed by atoms with Crippen molar-refractivity contribution in [2.75, 3.05) is 29.9 Å². The molecule has 0 bridgehead atoms. The van der Waals surface area contributed by atoms with E-state index in [-0.39, 0.29) is 30.1 Å². The zero-order valence-electron chi connectivity index (χ0n) is 15.2. The number of nitrogens with zero attached hydrogens (tertiary/aromatic N) is 2. The number of hydrogen-bond donors (Lipinski definition) is 1. The molecule has 6 nitrogen and oxygen atoms in total. The Morgan fingerprint density at radius 1 is 1.24 bits per heavy atom. The number of morpholine rings is 1. The monoisotopic (exact) mass is 345 g/mol. The molecule has 0 spiro atoms. The lowest BCUT2D eigenvalue weighted by Gasteiger charge is -2.38. The van der Waals surface area contributed by atoms with Crippen LogP contribution in [0.5, 0.6) is 0 Å². The molecule has 1 aromatic carbocycles. The summed E-state index contributed by atoms with van der Waals surface area (Å²) in [6, 6.07) is 7.27. The first-order chi connectivity index (χ1) is 12.0. The molecule has 3 rings (SSSR count). The summed E-state index contributed by atoms with van der Waals surface area (Å²) in [4.78, 5) is 28.7. The van der Waals surface area contributed by atoms with Gasteiger partial charge in [0.1, 0.15) is 0 Å². The summed E-state index contributed by atoms with van der Waals surface area (Å²) >= 11 is 0. The summed E-state index contributed by atoms with van der Waals surface area (Å²) in [5.41, 5.74) is 1.48. The highest BCUT2D eigenvalue weighted by Gasteiger charge is 2.30. The number of nitrogens with one attached hydrogen (secondary N) is 1. The number of anilines is 2. The minimum absolute atomic E-state index is 0.0552. The minimum atomic E-state index is -0.254. The van der Waals surface area contributed by atoms with E-state index >= 15 is 0 Å². The van der Waals surface area contributed by atoms with Crippen molar-refractivity contribution in [1.82, 2.24) is 4.90 Å². The second kappa shape index (κ2) is 7.54. The average Bonchev–Trinajstić information content (AvgIpc) is 2.99. The van der Waals surface area contributed by atoms with Crippen molar-refractivity contribution in [3.63, 3.8) is 0 Å². The topological polar surface area (TPSA) is 61.9 Å². The lowest BCUT2D eigenvalue weighted by molar-refractivity contribution is -0.127. The van der Waals surface area contributed by atoms with Crippen LogP contribution in [0.15, 0.2) is 24.3 Å². The zero-order chi connectivity index (χ0) is 18.0. The number of ether oxygens (including phenoxy) is 1. The van der Waals surface area contributed by atoms with E-state index in [0.717, 1.165) is 25.2 Å². The molecule has 2 aliphatic rings. The standard InChI is InChI=1S/C19H27N3O3/c1-13-11-21(12-14(2)25-13)15(3)19(24)20-16-7-4-5-8-17(16)22-10-6-9-18(22)23/h4-5,7-8,13-15H,6,9-12H2,1-3H3,(H,20,24)/t13-,14+,15-/m1/s1. The molecule has 0 aromatic heterocycles. The molecular weight excluding hydrogens is 318 g/mol. The molecule has 2 amide bonds. The summed E-state index contributed by atoms with van der Waals surface area (Å²) in [6.07, 6.45) is 1.67. The van der Waals surface area contributed by atoms with Crippen molar-refractivity contribution in [2.45, 2.75) is 51.9 Å². The van der Waals surface area contributed by atoms with Crippen molar-refractivity contribution in [3.8, 4) is 0 Å². The highest BCUT2D eigenvalue weighted by Crippen LogP contribution is 2.29. The Morgan fingerprint density at radius 3 is 2.56 bits per heavy atom. The van der Waals surface area contributed by atoms with E-state index < -0.39 is 0 Å². The summed E-state index contributed by atoms with van der Waals surface area (Å²) in [7, 11) is 0. The first-order valence-electron chi connectivity index (χ1n) is 9.05. The normalized spacial score (nSPS) is 25.9. The number of amides is 2. The van der Waals surface area contributed by atoms with Gasteiger partial charge in [-0.05, 0) is 39.3 Å². The van der Waals surface area contributed by atoms with Gasteiger partial charge in [0.15, 0.2) is 0 Å². The van der Waals surface area contributed by atoms with Crippen LogP contribution >= 0.6 is 0 Å². The van der Waals surface area contributed by atoms with E-state index in [4.69, 9.17) is 4.74 Å². The second-order valence-electron chi connectivity index (χ2n) is 7.04. The van der Waals surface area contributed by atoms with Crippen molar-refractivity contribution in [2.24, 2.45) is 0 Å². The fourth-order valence-corrected chi connectivity index (χ4v) is 3.65. The Hall–Kier alpha value is -1.92. The number of carbonyl (C=O) groups excluding carboxylic acids is 2. The van der Waals surface area contributed by atoms with Crippen LogP contribution in [0.2, 0.25) is 0 Å². The van der Waals surface area contributed by atoms with Crippen molar-refractivity contribution in [1.29, 1.82) is 0 Å². The summed E-state index contributed by atoms with van der Waals surface area (Å²) in [6.45, 7) is 8.17. The van der Waals surface area contributed by atoms with E-state index in [1.165, 1.54) is 0 Å². The van der Waals surface area contributed by atoms with Crippen molar-refractivity contribution >= 4 is 23.2 Å². The summed E-state index contributed by atoms with van der Waals surface area (Å²) in [5, 5.41) is 3.02. The predicted molar refractivity (Wildman–Crippen MR) is 97.7 cm³/mol. The first kappa shape index (κ1) is 17.9. The van der Waals surface area contributed by atoms with Gasteiger partial charge in [0.05, 0.1) is 29.6 Å². The molecular formula is C19H27N3O3. The number of hydrogen-bond acceptors (Lipinski definition) is 4. The van der Waals surface area contributed by atoms with Gasteiger partial charge in [-0.2, -0.15) is 0 Å². The largest absolute Gasteiger partial charge is 0.373 e. The van der Waals surface area contributed by atoms with Gasteiger partial charge >= 0.3 is 0 Å². The van der Waals surface area contributed by atoms with Crippen molar-refractivity contribution < 1.29 is 14.3 Å². The molecule has 25 heavy (non-hydrogen) atoms. The minimum Gasteiger partial charge on any atom is -0.373 e. The van der Waals surface area contributed by atoms with Gasteiger partial charge < -0.3 is 15.0 Å². The van der Waals surface area contributed by atoms with Crippen LogP contribution in [-0.4, -0.2) is 54.6 Å². The van der Waals surface area contributed by atoms with E-state index in [1.54, 1.807) is 4.90 Å². The molecule has 1 N–H and O–H groups in total. The van der Waals surface area contributed by atoms with Crippen LogP contribution in [0.1, 0.15) is 33.6 Å². The maximum atomic E-state index is 12.8. The number of carbonyl (C=O) groups is 2. The smallest absolute Gasteiger partial charge is 0.241 e. The molecule has 136 valence electrons. The Balaban J connectivity index is 1.71. The molecule has 0 unspecified atom stereocenters. The van der Waals surface area contributed by atoms with Gasteiger partial charge in [0.25, 0.3) is 0 Å². The number of rotatable bonds is 4. The maximum Gasteiger partial charge on any atom is 0.241 e. The van der Waals surface area contributed by atoms with Crippen LogP contribution in [0.3, 0.4) is 0 Å². The van der Waals surface area contributed by atoms with Gasteiger partial charge in [0.2, 0.25) is 11.8 Å². The fourth-order valence-electron chi connectivity index (χ4n) is 3.65. The highest BCUT2D eigenvalue weighted by atomic mass is 16.5. The molecule has 1 aromatic rings. The van der Waals surface area contributed by atoms with E-state index in [2.05, 4.69) is 10.2 Å². The van der Waals surface area contributed by atoms with Crippen molar-refractivity contribution in [3.05, 3.63) is 24.3 Å². The Morgan fingerprint density at radius 2 is 1.92 bits per heavy atom. The Kier molecular flexibility index (Phi) is 5.39. The van der Waals surface area contributed by atoms with E-state index in [1.807, 2.05) is 45.0 Å². The molecule has 0 aliphatic carbocycles. The molecule has 0 saturated carbocycles. The Bertz CT molecular complexity index is 639. The summed E-state index contributed by atoms with van der Waals surface area (Å²) in [5.74, 6) is 0.0611. The molecule has 3 atom stereocenters. The van der Waals surface area contributed by atoms with Crippen LogP contribution < -0.4 is 10.2 Å². The van der Waals surface area contributed by atoms with Crippen LogP contribution in [0.25, 0.3) is 0 Å². The third-order valence-corrected chi connectivity index (χ3v) is 4.90. The van der Waals surface area contributed by atoms with Crippen LogP contribution in [0, 0.1) is 0 Å². The van der Waals surface area contributed by atoms with Gasteiger partial charge in [-0.25, -0.2) is 0 Å². The lowest BCUT2D eigenvalue weighted by Crippen LogP contribution is -2.52. The van der Waals surface area contributed by atoms with Crippen LogP contribution in [0.4, 0.5) is 11.4 Å². The first-order valence-corrected chi connectivity index (χ1v) is 9.05. The average molecular weight is 345 g/mol. The molecule has 2 fully saturated rings. The second-order valence-corrected chi connectivity index (χ2v) is 7.04. The molecule has 6 heteroatoms. The molecule has 0 radical (unpaired) electrons. The maximum absolute atomic E-state index is 12.8. The molecule has 2 heterocycles. The lowest BCUT2D eigenvalue weighted by atomic mass is 10.1. The van der Waals surface area contributed by atoms with E-state index in [0.29, 0.717) is 18.7 Å². The molecule has 2 saturated heterocycles.